The Morgan fingerprint density at radius 1 is 1.17 bits per heavy atom. The zero-order valence-electron chi connectivity index (χ0n) is 16.4. The van der Waals surface area contributed by atoms with Gasteiger partial charge in [-0.1, -0.05) is 41.0 Å². The van der Waals surface area contributed by atoms with Gasteiger partial charge in [0.2, 0.25) is 17.6 Å². The molecule has 1 aromatic heterocycles. The molecule has 1 aliphatic heterocycles. The van der Waals surface area contributed by atoms with Gasteiger partial charge in [-0.05, 0) is 55.8 Å². The highest BCUT2D eigenvalue weighted by molar-refractivity contribution is 6.33. The van der Waals surface area contributed by atoms with Gasteiger partial charge in [-0.25, -0.2) is 4.39 Å². The maximum absolute atomic E-state index is 12.9. The summed E-state index contributed by atoms with van der Waals surface area (Å²) in [7, 11) is 0. The lowest BCUT2D eigenvalue weighted by Gasteiger charge is -2.29. The molecule has 1 saturated heterocycles. The highest BCUT2D eigenvalue weighted by Crippen LogP contribution is 2.30. The van der Waals surface area contributed by atoms with Gasteiger partial charge in [-0.2, -0.15) is 4.98 Å². The number of amides is 1. The van der Waals surface area contributed by atoms with E-state index in [2.05, 4.69) is 20.4 Å². The van der Waals surface area contributed by atoms with Crippen molar-refractivity contribution in [3.05, 3.63) is 70.8 Å². The number of likely N-dealkylation sites (tertiary alicyclic amines) is 1. The predicted molar refractivity (Wildman–Crippen MR) is 111 cm³/mol. The van der Waals surface area contributed by atoms with Gasteiger partial charge in [0, 0.05) is 18.0 Å². The van der Waals surface area contributed by atoms with Gasteiger partial charge in [0.15, 0.2) is 0 Å². The van der Waals surface area contributed by atoms with E-state index in [1.54, 1.807) is 18.2 Å². The standard InChI is InChI=1S/C22H22ClFN4O2/c23-19-4-2-1-3-18(19)21-26-22(30-27-21)16-9-11-28(12-10-16)14-20(29)25-13-15-5-7-17(24)8-6-15/h1-8,16H,9-14H2,(H,25,29). The Hall–Kier alpha value is -2.77. The molecule has 0 saturated carbocycles. The largest absolute Gasteiger partial charge is 0.351 e. The average Bonchev–Trinajstić information content (AvgIpc) is 3.24. The van der Waals surface area contributed by atoms with Crippen LogP contribution in [0.2, 0.25) is 5.02 Å². The minimum absolute atomic E-state index is 0.0448. The molecule has 2 heterocycles. The van der Waals surface area contributed by atoms with E-state index in [1.165, 1.54) is 12.1 Å². The molecular formula is C22H22ClFN4O2. The Labute approximate surface area is 179 Å². The fourth-order valence-electron chi connectivity index (χ4n) is 3.55. The normalized spacial score (nSPS) is 15.3. The smallest absolute Gasteiger partial charge is 0.234 e. The van der Waals surface area contributed by atoms with E-state index < -0.39 is 0 Å². The van der Waals surface area contributed by atoms with Gasteiger partial charge < -0.3 is 9.84 Å². The molecule has 0 bridgehead atoms. The van der Waals surface area contributed by atoms with E-state index in [1.807, 2.05) is 18.2 Å². The van der Waals surface area contributed by atoms with Crippen molar-refractivity contribution in [3.8, 4) is 11.4 Å². The molecule has 1 amide bonds. The number of carbonyl (C=O) groups excluding carboxylic acids is 1. The molecule has 1 fully saturated rings. The first kappa shape index (κ1) is 20.5. The predicted octanol–water partition coefficient (Wildman–Crippen LogP) is 4.02. The molecule has 0 unspecified atom stereocenters. The first-order valence-corrected chi connectivity index (χ1v) is 10.3. The minimum atomic E-state index is -0.284. The number of aromatic nitrogens is 2. The summed E-state index contributed by atoms with van der Waals surface area (Å²) in [5.41, 5.74) is 1.62. The number of hydrogen-bond donors (Lipinski definition) is 1. The third kappa shape index (κ3) is 5.04. The SMILES string of the molecule is O=C(CN1CCC(c2nc(-c3ccccc3Cl)no2)CC1)NCc1ccc(F)cc1. The molecule has 1 N–H and O–H groups in total. The molecule has 6 nitrogen and oxygen atoms in total. The molecule has 0 radical (unpaired) electrons. The highest BCUT2D eigenvalue weighted by atomic mass is 35.5. The van der Waals surface area contributed by atoms with Crippen molar-refractivity contribution in [3.63, 3.8) is 0 Å². The van der Waals surface area contributed by atoms with Crippen molar-refractivity contribution < 1.29 is 13.7 Å². The molecule has 30 heavy (non-hydrogen) atoms. The number of nitrogens with one attached hydrogen (secondary N) is 1. The maximum Gasteiger partial charge on any atom is 0.234 e. The molecule has 0 aliphatic carbocycles. The van der Waals surface area contributed by atoms with Crippen molar-refractivity contribution in [2.24, 2.45) is 0 Å². The Balaban J connectivity index is 1.25. The van der Waals surface area contributed by atoms with E-state index in [0.29, 0.717) is 29.8 Å². The van der Waals surface area contributed by atoms with Crippen LogP contribution in [0.3, 0.4) is 0 Å². The molecule has 3 aromatic rings. The minimum Gasteiger partial charge on any atom is -0.351 e. The van der Waals surface area contributed by atoms with Crippen molar-refractivity contribution >= 4 is 17.5 Å². The lowest BCUT2D eigenvalue weighted by molar-refractivity contribution is -0.122. The molecule has 0 spiro atoms. The number of nitrogens with zero attached hydrogens (tertiary/aromatic N) is 3. The van der Waals surface area contributed by atoms with Crippen LogP contribution in [0.4, 0.5) is 4.39 Å². The van der Waals surface area contributed by atoms with E-state index in [-0.39, 0.29) is 17.6 Å². The zero-order valence-corrected chi connectivity index (χ0v) is 17.1. The second-order valence-corrected chi connectivity index (χ2v) is 7.80. The molecule has 4 rings (SSSR count). The molecular weight excluding hydrogens is 407 g/mol. The van der Waals surface area contributed by atoms with Gasteiger partial charge >= 0.3 is 0 Å². The van der Waals surface area contributed by atoms with Crippen LogP contribution in [0, 0.1) is 5.82 Å². The summed E-state index contributed by atoms with van der Waals surface area (Å²) in [5.74, 6) is 0.959. The van der Waals surface area contributed by atoms with Gasteiger partial charge in [0.25, 0.3) is 0 Å². The number of halogens is 2. The number of benzene rings is 2. The second-order valence-electron chi connectivity index (χ2n) is 7.39. The van der Waals surface area contributed by atoms with Crippen LogP contribution >= 0.6 is 11.6 Å². The molecule has 2 aromatic carbocycles. The molecule has 1 aliphatic rings. The lowest BCUT2D eigenvalue weighted by Crippen LogP contribution is -2.41. The zero-order chi connectivity index (χ0) is 20.9. The fraction of sp³-hybridized carbons (Fsp3) is 0.318. The fourth-order valence-corrected chi connectivity index (χ4v) is 3.77. The van der Waals surface area contributed by atoms with Crippen LogP contribution < -0.4 is 5.32 Å². The van der Waals surface area contributed by atoms with Crippen molar-refractivity contribution in [2.75, 3.05) is 19.6 Å². The Morgan fingerprint density at radius 2 is 1.90 bits per heavy atom. The third-order valence-corrected chi connectivity index (χ3v) is 5.59. The Morgan fingerprint density at radius 3 is 2.63 bits per heavy atom. The Kier molecular flexibility index (Phi) is 6.40. The summed E-state index contributed by atoms with van der Waals surface area (Å²) < 4.78 is 18.4. The molecule has 8 heteroatoms. The van der Waals surface area contributed by atoms with E-state index >= 15 is 0 Å². The lowest BCUT2D eigenvalue weighted by atomic mass is 9.97. The monoisotopic (exact) mass is 428 g/mol. The van der Waals surface area contributed by atoms with E-state index in [9.17, 15) is 9.18 Å². The van der Waals surface area contributed by atoms with E-state index in [4.69, 9.17) is 16.1 Å². The van der Waals surface area contributed by atoms with E-state index in [0.717, 1.165) is 37.1 Å². The number of hydrogen-bond acceptors (Lipinski definition) is 5. The second kappa shape index (κ2) is 9.36. The van der Waals surface area contributed by atoms with Crippen molar-refractivity contribution in [2.45, 2.75) is 25.3 Å². The maximum atomic E-state index is 12.9. The van der Waals surface area contributed by atoms with Gasteiger partial charge in [0.1, 0.15) is 5.82 Å². The van der Waals surface area contributed by atoms with Crippen LogP contribution in [0.5, 0.6) is 0 Å². The van der Waals surface area contributed by atoms with Crippen LogP contribution in [0.25, 0.3) is 11.4 Å². The van der Waals surface area contributed by atoms with Gasteiger partial charge in [0.05, 0.1) is 11.6 Å². The third-order valence-electron chi connectivity index (χ3n) is 5.26. The van der Waals surface area contributed by atoms with Crippen LogP contribution in [0.15, 0.2) is 53.1 Å². The number of piperidine rings is 1. The first-order valence-electron chi connectivity index (χ1n) is 9.90. The molecule has 0 atom stereocenters. The summed E-state index contributed by atoms with van der Waals surface area (Å²) >= 11 is 6.21. The number of carbonyl (C=O) groups is 1. The average molecular weight is 429 g/mol. The summed E-state index contributed by atoms with van der Waals surface area (Å²) in [6.45, 7) is 2.28. The molecule has 156 valence electrons. The topological polar surface area (TPSA) is 71.3 Å². The van der Waals surface area contributed by atoms with Crippen molar-refractivity contribution in [1.82, 2.24) is 20.4 Å². The van der Waals surface area contributed by atoms with Crippen LogP contribution in [-0.4, -0.2) is 40.6 Å². The van der Waals surface area contributed by atoms with Crippen LogP contribution in [0.1, 0.15) is 30.2 Å². The first-order chi connectivity index (χ1) is 14.6. The summed E-state index contributed by atoms with van der Waals surface area (Å²) in [5, 5.41) is 7.54. The van der Waals surface area contributed by atoms with Gasteiger partial charge in [-0.3, -0.25) is 9.69 Å². The summed E-state index contributed by atoms with van der Waals surface area (Å²) in [4.78, 5) is 18.9. The Bertz CT molecular complexity index is 1000. The highest BCUT2D eigenvalue weighted by Gasteiger charge is 2.26. The van der Waals surface area contributed by atoms with Gasteiger partial charge in [-0.15, -0.1) is 0 Å². The van der Waals surface area contributed by atoms with Crippen LogP contribution in [-0.2, 0) is 11.3 Å². The van der Waals surface area contributed by atoms with Crippen molar-refractivity contribution in [1.29, 1.82) is 0 Å². The summed E-state index contributed by atoms with van der Waals surface area (Å²) in [6, 6.07) is 13.5. The number of rotatable bonds is 6. The quantitative estimate of drug-likeness (QED) is 0.642. The summed E-state index contributed by atoms with van der Waals surface area (Å²) in [6.07, 6.45) is 1.69.